The first kappa shape index (κ1) is 13.6. The Morgan fingerprint density at radius 1 is 1.19 bits per heavy atom. The molecule has 0 amide bonds. The van der Waals surface area contributed by atoms with E-state index in [2.05, 4.69) is 32.5 Å². The number of hydrogen-bond acceptors (Lipinski definition) is 4. The minimum absolute atomic E-state index is 0.448. The van der Waals surface area contributed by atoms with Crippen LogP contribution in [0.3, 0.4) is 0 Å². The van der Waals surface area contributed by atoms with Crippen LogP contribution in [0.5, 0.6) is 0 Å². The first-order valence-corrected chi connectivity index (χ1v) is 6.90. The normalized spacial score (nSPS) is 10.6. The van der Waals surface area contributed by atoms with Crippen molar-refractivity contribution in [3.63, 3.8) is 0 Å². The largest absolute Gasteiger partial charge is 0.337 e. The third-order valence-corrected chi connectivity index (χ3v) is 3.49. The number of halogens is 1. The molecule has 0 fully saturated rings. The van der Waals surface area contributed by atoms with Gasteiger partial charge in [-0.15, -0.1) is 0 Å². The zero-order valence-corrected chi connectivity index (χ0v) is 12.2. The van der Waals surface area contributed by atoms with Crippen molar-refractivity contribution in [2.45, 2.75) is 13.5 Å². The SMILES string of the molecule is Cc1c(Cl)ncnc1Nc1cnn(Cc2ccccc2)c1. The van der Waals surface area contributed by atoms with Crippen molar-refractivity contribution in [1.82, 2.24) is 19.7 Å². The summed E-state index contributed by atoms with van der Waals surface area (Å²) in [5.41, 5.74) is 2.88. The molecule has 0 atom stereocenters. The zero-order chi connectivity index (χ0) is 14.7. The van der Waals surface area contributed by atoms with E-state index in [-0.39, 0.29) is 0 Å². The van der Waals surface area contributed by atoms with Gasteiger partial charge < -0.3 is 5.32 Å². The molecule has 2 aromatic heterocycles. The molecule has 0 saturated heterocycles. The number of benzene rings is 1. The molecule has 21 heavy (non-hydrogen) atoms. The maximum absolute atomic E-state index is 5.98. The summed E-state index contributed by atoms with van der Waals surface area (Å²) in [5, 5.41) is 7.99. The quantitative estimate of drug-likeness (QED) is 0.750. The van der Waals surface area contributed by atoms with Crippen molar-refractivity contribution >= 4 is 23.1 Å². The van der Waals surface area contributed by atoms with Gasteiger partial charge in [-0.05, 0) is 12.5 Å². The summed E-state index contributed by atoms with van der Waals surface area (Å²) < 4.78 is 1.87. The van der Waals surface area contributed by atoms with Crippen LogP contribution < -0.4 is 5.32 Å². The summed E-state index contributed by atoms with van der Waals surface area (Å²) in [4.78, 5) is 8.12. The van der Waals surface area contributed by atoms with E-state index in [0.717, 1.165) is 17.8 Å². The molecule has 3 aromatic rings. The molecule has 0 bridgehead atoms. The van der Waals surface area contributed by atoms with Gasteiger partial charge in [0.05, 0.1) is 18.4 Å². The van der Waals surface area contributed by atoms with Crippen LogP contribution in [0.25, 0.3) is 0 Å². The summed E-state index contributed by atoms with van der Waals surface area (Å²) in [7, 11) is 0. The highest BCUT2D eigenvalue weighted by atomic mass is 35.5. The highest BCUT2D eigenvalue weighted by Gasteiger charge is 2.06. The molecule has 0 aliphatic rings. The van der Waals surface area contributed by atoms with E-state index < -0.39 is 0 Å². The van der Waals surface area contributed by atoms with Crippen molar-refractivity contribution in [2.75, 3.05) is 5.32 Å². The van der Waals surface area contributed by atoms with Crippen molar-refractivity contribution in [3.05, 3.63) is 65.3 Å². The van der Waals surface area contributed by atoms with Gasteiger partial charge in [0.2, 0.25) is 0 Å². The van der Waals surface area contributed by atoms with Gasteiger partial charge in [-0.2, -0.15) is 5.10 Å². The minimum Gasteiger partial charge on any atom is -0.337 e. The van der Waals surface area contributed by atoms with Crippen LogP contribution in [-0.2, 0) is 6.54 Å². The van der Waals surface area contributed by atoms with E-state index >= 15 is 0 Å². The monoisotopic (exact) mass is 299 g/mol. The lowest BCUT2D eigenvalue weighted by Gasteiger charge is -2.06. The Balaban J connectivity index is 1.75. The second-order valence-electron chi connectivity index (χ2n) is 4.68. The fourth-order valence-electron chi connectivity index (χ4n) is 1.98. The highest BCUT2D eigenvalue weighted by Crippen LogP contribution is 2.21. The van der Waals surface area contributed by atoms with Crippen LogP contribution in [-0.4, -0.2) is 19.7 Å². The fourth-order valence-corrected chi connectivity index (χ4v) is 2.11. The van der Waals surface area contributed by atoms with Gasteiger partial charge in [-0.3, -0.25) is 4.68 Å². The van der Waals surface area contributed by atoms with Gasteiger partial charge in [0, 0.05) is 11.8 Å². The highest BCUT2D eigenvalue weighted by molar-refractivity contribution is 6.30. The first-order valence-electron chi connectivity index (χ1n) is 6.53. The van der Waals surface area contributed by atoms with Crippen LogP contribution in [0, 0.1) is 6.92 Å². The van der Waals surface area contributed by atoms with Crippen LogP contribution in [0.1, 0.15) is 11.1 Å². The van der Waals surface area contributed by atoms with Crippen molar-refractivity contribution in [2.24, 2.45) is 0 Å². The van der Waals surface area contributed by atoms with Crippen molar-refractivity contribution in [1.29, 1.82) is 0 Å². The maximum atomic E-state index is 5.98. The number of nitrogens with one attached hydrogen (secondary N) is 1. The summed E-state index contributed by atoms with van der Waals surface area (Å²) in [5.74, 6) is 0.689. The molecule has 6 heteroatoms. The number of rotatable bonds is 4. The van der Waals surface area contributed by atoms with Crippen LogP contribution in [0.4, 0.5) is 11.5 Å². The maximum Gasteiger partial charge on any atom is 0.138 e. The average molecular weight is 300 g/mol. The van der Waals surface area contributed by atoms with Crippen LogP contribution >= 0.6 is 11.6 Å². The molecule has 0 radical (unpaired) electrons. The van der Waals surface area contributed by atoms with Gasteiger partial charge in [0.15, 0.2) is 0 Å². The number of nitrogens with zero attached hydrogens (tertiary/aromatic N) is 4. The van der Waals surface area contributed by atoms with E-state index in [4.69, 9.17) is 11.6 Å². The lowest BCUT2D eigenvalue weighted by atomic mass is 10.2. The number of aromatic nitrogens is 4. The van der Waals surface area contributed by atoms with E-state index in [9.17, 15) is 0 Å². The Morgan fingerprint density at radius 2 is 2.00 bits per heavy atom. The molecule has 0 saturated carbocycles. The van der Waals surface area contributed by atoms with E-state index in [0.29, 0.717) is 11.0 Å². The van der Waals surface area contributed by atoms with Crippen molar-refractivity contribution < 1.29 is 0 Å². The first-order chi connectivity index (χ1) is 10.2. The van der Waals surface area contributed by atoms with Crippen LogP contribution in [0.2, 0.25) is 5.15 Å². The molecule has 0 spiro atoms. The van der Waals surface area contributed by atoms with E-state index in [1.807, 2.05) is 36.0 Å². The molecular formula is C15H14ClN5. The van der Waals surface area contributed by atoms with E-state index in [1.165, 1.54) is 11.9 Å². The third kappa shape index (κ3) is 3.20. The minimum atomic E-state index is 0.448. The second kappa shape index (κ2) is 5.93. The summed E-state index contributed by atoms with van der Waals surface area (Å²) in [6.07, 6.45) is 5.13. The Hall–Kier alpha value is -2.40. The predicted molar refractivity (Wildman–Crippen MR) is 82.8 cm³/mol. The number of hydrogen-bond donors (Lipinski definition) is 1. The Bertz CT molecular complexity index is 739. The molecule has 3 rings (SSSR count). The smallest absolute Gasteiger partial charge is 0.138 e. The van der Waals surface area contributed by atoms with Gasteiger partial charge in [0.1, 0.15) is 17.3 Å². The van der Waals surface area contributed by atoms with Crippen LogP contribution in [0.15, 0.2) is 49.1 Å². The summed E-state index contributed by atoms with van der Waals surface area (Å²) in [6, 6.07) is 10.2. The predicted octanol–water partition coefficient (Wildman–Crippen LogP) is 3.43. The fraction of sp³-hybridized carbons (Fsp3) is 0.133. The van der Waals surface area contributed by atoms with Gasteiger partial charge >= 0.3 is 0 Å². The summed E-state index contributed by atoms with van der Waals surface area (Å²) >= 11 is 5.98. The van der Waals surface area contributed by atoms with Crippen molar-refractivity contribution in [3.8, 4) is 0 Å². The summed E-state index contributed by atoms with van der Waals surface area (Å²) in [6.45, 7) is 2.60. The molecule has 0 aliphatic heterocycles. The Kier molecular flexibility index (Phi) is 3.83. The number of anilines is 2. The van der Waals surface area contributed by atoms with E-state index in [1.54, 1.807) is 6.20 Å². The standard InChI is InChI=1S/C15H14ClN5/c1-11-14(16)17-10-18-15(11)20-13-7-19-21(9-13)8-12-5-3-2-4-6-12/h2-7,9-10H,8H2,1H3,(H,17,18,20). The molecule has 1 aromatic carbocycles. The molecule has 1 N–H and O–H groups in total. The van der Waals surface area contributed by atoms with Gasteiger partial charge in [0.25, 0.3) is 0 Å². The molecule has 5 nitrogen and oxygen atoms in total. The second-order valence-corrected chi connectivity index (χ2v) is 5.03. The molecule has 0 aliphatic carbocycles. The lowest BCUT2D eigenvalue weighted by molar-refractivity contribution is 0.687. The van der Waals surface area contributed by atoms with Gasteiger partial charge in [-0.25, -0.2) is 9.97 Å². The topological polar surface area (TPSA) is 55.6 Å². The molecule has 0 unspecified atom stereocenters. The zero-order valence-electron chi connectivity index (χ0n) is 11.5. The Morgan fingerprint density at radius 3 is 2.81 bits per heavy atom. The average Bonchev–Trinajstić information content (AvgIpc) is 2.92. The lowest BCUT2D eigenvalue weighted by Crippen LogP contribution is -2.00. The third-order valence-electron chi connectivity index (χ3n) is 3.11. The molecular weight excluding hydrogens is 286 g/mol. The van der Waals surface area contributed by atoms with Gasteiger partial charge in [-0.1, -0.05) is 41.9 Å². The molecule has 2 heterocycles. The Labute approximate surface area is 127 Å². The molecule has 106 valence electrons.